The van der Waals surface area contributed by atoms with Crippen molar-refractivity contribution in [1.82, 2.24) is 29.2 Å². The highest BCUT2D eigenvalue weighted by Crippen LogP contribution is 2.30. The van der Waals surface area contributed by atoms with Gasteiger partial charge >= 0.3 is 0 Å². The van der Waals surface area contributed by atoms with Crippen LogP contribution in [0.4, 0.5) is 14.5 Å². The number of benzene rings is 2. The number of halogens is 2. The molecule has 2 aliphatic rings. The number of methoxy groups -OCH3 is 1. The van der Waals surface area contributed by atoms with Crippen molar-refractivity contribution in [3.05, 3.63) is 65.1 Å². The Kier molecular flexibility index (Phi) is 11.7. The Morgan fingerprint density at radius 1 is 0.980 bits per heavy atom. The van der Waals surface area contributed by atoms with Crippen molar-refractivity contribution in [2.75, 3.05) is 78.9 Å². The fourth-order valence-corrected chi connectivity index (χ4v) is 6.68. The highest BCUT2D eigenvalue weighted by atomic mass is 19.2. The van der Waals surface area contributed by atoms with Gasteiger partial charge in [-0.05, 0) is 88.8 Å². The van der Waals surface area contributed by atoms with Crippen LogP contribution < -0.4 is 10.1 Å². The number of piperidine rings is 1. The zero-order valence-corrected chi connectivity index (χ0v) is 29.1. The van der Waals surface area contributed by atoms with Crippen molar-refractivity contribution in [3.63, 3.8) is 0 Å². The summed E-state index contributed by atoms with van der Waals surface area (Å²) in [7, 11) is 6.96. The molecule has 5 rings (SSSR count). The molecule has 2 fully saturated rings. The number of aromatic nitrogens is 2. The highest BCUT2D eigenvalue weighted by molar-refractivity contribution is 6.03. The van der Waals surface area contributed by atoms with E-state index in [1.165, 1.54) is 30.0 Å². The Balaban J connectivity index is 1.16. The lowest BCUT2D eigenvalue weighted by Crippen LogP contribution is -2.52. The number of hydrogen-bond donors (Lipinski definition) is 1. The second kappa shape index (κ2) is 15.9. The van der Waals surface area contributed by atoms with Gasteiger partial charge in [-0.3, -0.25) is 19.3 Å². The van der Waals surface area contributed by atoms with Crippen molar-refractivity contribution < 1.29 is 27.9 Å². The Morgan fingerprint density at radius 3 is 2.35 bits per heavy atom. The van der Waals surface area contributed by atoms with Crippen LogP contribution >= 0.6 is 0 Å². The number of nitrogens with one attached hydrogen (secondary N) is 1. The van der Waals surface area contributed by atoms with Crippen LogP contribution in [0.15, 0.2) is 36.5 Å². The van der Waals surface area contributed by atoms with E-state index < -0.39 is 17.5 Å². The minimum Gasteiger partial charge on any atom is -0.494 e. The van der Waals surface area contributed by atoms with Gasteiger partial charge in [0.15, 0.2) is 17.4 Å². The Hall–Kier alpha value is -4.36. The molecule has 11 nitrogen and oxygen atoms in total. The van der Waals surface area contributed by atoms with E-state index in [0.717, 1.165) is 51.3 Å². The van der Waals surface area contributed by atoms with Gasteiger partial charge in [-0.15, -0.1) is 0 Å². The number of imidazole rings is 1. The van der Waals surface area contributed by atoms with Crippen LogP contribution in [0, 0.1) is 17.6 Å². The number of nitrogens with zero attached hydrogens (tertiary/aromatic N) is 6. The Bertz CT molecular complexity index is 1660. The average molecular weight is 680 g/mol. The molecule has 2 saturated heterocycles. The minimum atomic E-state index is -1.12. The van der Waals surface area contributed by atoms with E-state index in [2.05, 4.69) is 34.2 Å². The molecule has 0 bridgehead atoms. The summed E-state index contributed by atoms with van der Waals surface area (Å²) in [6.07, 6.45) is 4.28. The number of carbonyl (C=O) groups excluding carboxylic acids is 3. The van der Waals surface area contributed by atoms with Gasteiger partial charge in [0.05, 0.1) is 19.0 Å². The van der Waals surface area contributed by atoms with Crippen LogP contribution in [0.3, 0.4) is 0 Å². The van der Waals surface area contributed by atoms with Crippen LogP contribution in [0.5, 0.6) is 5.75 Å². The molecule has 0 atom stereocenters. The fourth-order valence-electron chi connectivity index (χ4n) is 6.68. The summed E-state index contributed by atoms with van der Waals surface area (Å²) in [5.74, 6) is -2.93. The summed E-state index contributed by atoms with van der Waals surface area (Å²) in [4.78, 5) is 52.7. The molecule has 2 aromatic carbocycles. The molecule has 0 unspecified atom stereocenters. The Labute approximate surface area is 286 Å². The zero-order chi connectivity index (χ0) is 35.2. The van der Waals surface area contributed by atoms with Gasteiger partial charge in [0.2, 0.25) is 11.7 Å². The summed E-state index contributed by atoms with van der Waals surface area (Å²) >= 11 is 0. The van der Waals surface area contributed by atoms with Crippen LogP contribution in [0.25, 0.3) is 11.3 Å². The Morgan fingerprint density at radius 2 is 1.69 bits per heavy atom. The predicted molar refractivity (Wildman–Crippen MR) is 184 cm³/mol. The molecule has 3 aromatic rings. The van der Waals surface area contributed by atoms with Crippen molar-refractivity contribution in [2.45, 2.75) is 32.6 Å². The smallest absolute Gasteiger partial charge is 0.291 e. The third-order valence-corrected chi connectivity index (χ3v) is 9.60. The maximum Gasteiger partial charge on any atom is 0.291 e. The molecule has 0 spiro atoms. The SMILES string of the molecule is CCc1cc(NC(=O)c2ncc(-c3ccc(OC)c(F)c3F)n2C)ccc1C(=O)N1CCC(C(=O)N2CCN(CCCN(C)C)CC2)CC1. The van der Waals surface area contributed by atoms with Crippen LogP contribution in [-0.2, 0) is 18.3 Å². The van der Waals surface area contributed by atoms with E-state index >= 15 is 0 Å². The minimum absolute atomic E-state index is 0.00290. The molecule has 0 radical (unpaired) electrons. The first kappa shape index (κ1) is 35.9. The molecule has 0 aliphatic carbocycles. The number of hydrogen-bond acceptors (Lipinski definition) is 7. The molecule has 1 aromatic heterocycles. The van der Waals surface area contributed by atoms with Gasteiger partial charge in [-0.1, -0.05) is 6.92 Å². The lowest BCUT2D eigenvalue weighted by Gasteiger charge is -2.38. The predicted octanol–water partition coefficient (Wildman–Crippen LogP) is 4.14. The maximum atomic E-state index is 14.7. The fraction of sp³-hybridized carbons (Fsp3) is 0.500. The van der Waals surface area contributed by atoms with Crippen LogP contribution in [-0.4, -0.2) is 120 Å². The van der Waals surface area contributed by atoms with Crippen molar-refractivity contribution in [1.29, 1.82) is 0 Å². The van der Waals surface area contributed by atoms with E-state index in [-0.39, 0.29) is 40.6 Å². The first-order valence-electron chi connectivity index (χ1n) is 17.0. The summed E-state index contributed by atoms with van der Waals surface area (Å²) in [5, 5.41) is 2.81. The quantitative estimate of drug-likeness (QED) is 0.325. The summed E-state index contributed by atoms with van der Waals surface area (Å²) in [6.45, 7) is 8.40. The van der Waals surface area contributed by atoms with Gasteiger partial charge in [-0.25, -0.2) is 9.37 Å². The third-order valence-electron chi connectivity index (χ3n) is 9.60. The number of carbonyl (C=O) groups is 3. The molecular weight excluding hydrogens is 632 g/mol. The lowest BCUT2D eigenvalue weighted by atomic mass is 9.94. The van der Waals surface area contributed by atoms with Gasteiger partial charge in [0.25, 0.3) is 11.8 Å². The number of rotatable bonds is 11. The third kappa shape index (κ3) is 8.10. The summed E-state index contributed by atoms with van der Waals surface area (Å²) in [5.41, 5.74) is 1.99. The van der Waals surface area contributed by atoms with E-state index in [0.29, 0.717) is 43.6 Å². The van der Waals surface area contributed by atoms with Gasteiger partial charge in [0, 0.05) is 69.0 Å². The topological polar surface area (TPSA) is 103 Å². The monoisotopic (exact) mass is 679 g/mol. The second-order valence-electron chi connectivity index (χ2n) is 13.0. The van der Waals surface area contributed by atoms with Gasteiger partial charge in [-0.2, -0.15) is 4.39 Å². The number of anilines is 1. The molecule has 3 heterocycles. The maximum absolute atomic E-state index is 14.7. The average Bonchev–Trinajstić information content (AvgIpc) is 3.49. The molecular formula is C36H47F2N7O4. The molecule has 2 aliphatic heterocycles. The van der Waals surface area contributed by atoms with E-state index in [1.807, 2.05) is 16.7 Å². The normalized spacial score (nSPS) is 15.9. The molecule has 264 valence electrons. The molecule has 3 amide bonds. The highest BCUT2D eigenvalue weighted by Gasteiger charge is 2.32. The summed E-state index contributed by atoms with van der Waals surface area (Å²) < 4.78 is 35.3. The van der Waals surface area contributed by atoms with Crippen LogP contribution in [0.2, 0.25) is 0 Å². The van der Waals surface area contributed by atoms with Crippen molar-refractivity contribution in [2.24, 2.45) is 13.0 Å². The number of piperazine rings is 1. The molecule has 1 N–H and O–H groups in total. The largest absolute Gasteiger partial charge is 0.494 e. The lowest BCUT2D eigenvalue weighted by molar-refractivity contribution is -0.138. The molecule has 49 heavy (non-hydrogen) atoms. The second-order valence-corrected chi connectivity index (χ2v) is 13.0. The van der Waals surface area contributed by atoms with E-state index in [9.17, 15) is 23.2 Å². The molecule has 13 heteroatoms. The van der Waals surface area contributed by atoms with Crippen molar-refractivity contribution >= 4 is 23.4 Å². The van der Waals surface area contributed by atoms with Gasteiger partial charge in [0.1, 0.15) is 0 Å². The van der Waals surface area contributed by atoms with E-state index in [1.54, 1.807) is 25.2 Å². The zero-order valence-electron chi connectivity index (χ0n) is 29.1. The standard InChI is InChI=1S/C36H47F2N7O4/c1-6-24-22-26(40-34(46)33-39-23-29(42(33)4)28-10-11-30(49-5)32(38)31(28)37)8-9-27(24)36(48)44-16-12-25(13-17-44)35(47)45-20-18-43(19-21-45)15-7-14-41(2)3/h8-11,22-23,25H,6-7,12-21H2,1-5H3,(H,40,46). The number of likely N-dealkylation sites (tertiary alicyclic amines) is 1. The first-order valence-corrected chi connectivity index (χ1v) is 17.0. The first-order chi connectivity index (χ1) is 23.5. The summed E-state index contributed by atoms with van der Waals surface area (Å²) in [6, 6.07) is 7.84. The number of ether oxygens (including phenoxy) is 1. The van der Waals surface area contributed by atoms with Crippen LogP contribution in [0.1, 0.15) is 52.7 Å². The molecule has 0 saturated carbocycles. The van der Waals surface area contributed by atoms with E-state index in [4.69, 9.17) is 4.74 Å². The number of amides is 3. The number of aryl methyl sites for hydroxylation is 1. The van der Waals surface area contributed by atoms with Gasteiger partial charge < -0.3 is 29.3 Å². The van der Waals surface area contributed by atoms with Crippen molar-refractivity contribution in [3.8, 4) is 17.0 Å².